The summed E-state index contributed by atoms with van der Waals surface area (Å²) in [7, 11) is 3.36. The van der Waals surface area contributed by atoms with Crippen LogP contribution in [0.2, 0.25) is 0 Å². The molecule has 0 bridgehead atoms. The molecule has 0 unspecified atom stereocenters. The molecule has 4 atom stereocenters. The maximum atomic E-state index is 6.93. The van der Waals surface area contributed by atoms with Gasteiger partial charge in [-0.3, -0.25) is 0 Å². The topological polar surface area (TPSA) is 73.8 Å². The highest BCUT2D eigenvalue weighted by Crippen LogP contribution is 2.52. The van der Waals surface area contributed by atoms with Gasteiger partial charge in [-0.15, -0.1) is 0 Å². The Bertz CT molecular complexity index is 1050. The lowest BCUT2D eigenvalue weighted by atomic mass is 9.84. The van der Waals surface area contributed by atoms with Gasteiger partial charge in [0.1, 0.15) is 48.1 Å². The Hall–Kier alpha value is -2.20. The first-order valence-corrected chi connectivity index (χ1v) is 15.8. The summed E-state index contributed by atoms with van der Waals surface area (Å²) in [5, 5.41) is 0. The molecule has 7 rings (SSSR count). The summed E-state index contributed by atoms with van der Waals surface area (Å²) in [4.78, 5) is 0. The van der Waals surface area contributed by atoms with E-state index in [2.05, 4.69) is 0 Å². The van der Waals surface area contributed by atoms with Crippen LogP contribution in [0.4, 0.5) is 0 Å². The first kappa shape index (κ1) is 28.6. The summed E-state index contributed by atoms with van der Waals surface area (Å²) in [5.41, 5.74) is 2.14. The van der Waals surface area contributed by atoms with Gasteiger partial charge in [0, 0.05) is 25.7 Å². The SMILES string of the molecule is COc1ccc(COC2[C@@H]3OC4(CCCCC4)O[C@H]3C(OCc3ccc(OC)cc3)[C@@H]3OC4(CCCCC4)O[C@@H]23)cc1. The van der Waals surface area contributed by atoms with Crippen LogP contribution in [-0.2, 0) is 41.6 Å². The van der Waals surface area contributed by atoms with Crippen LogP contribution in [0.3, 0.4) is 0 Å². The molecule has 42 heavy (non-hydrogen) atoms. The number of hydrogen-bond acceptors (Lipinski definition) is 8. The number of ether oxygens (including phenoxy) is 8. The minimum Gasteiger partial charge on any atom is -0.497 e. The van der Waals surface area contributed by atoms with Crippen molar-refractivity contribution in [3.63, 3.8) is 0 Å². The Morgan fingerprint density at radius 1 is 0.524 bits per heavy atom. The second kappa shape index (κ2) is 12.1. The van der Waals surface area contributed by atoms with Gasteiger partial charge in [0.15, 0.2) is 11.6 Å². The minimum absolute atomic E-state index is 0.314. The van der Waals surface area contributed by atoms with Crippen LogP contribution >= 0.6 is 0 Å². The number of hydrogen-bond donors (Lipinski definition) is 0. The smallest absolute Gasteiger partial charge is 0.169 e. The molecule has 228 valence electrons. The summed E-state index contributed by atoms with van der Waals surface area (Å²) in [6, 6.07) is 16.0. The zero-order chi connectivity index (χ0) is 28.6. The number of benzene rings is 2. The van der Waals surface area contributed by atoms with Crippen LogP contribution in [0.5, 0.6) is 11.5 Å². The van der Waals surface area contributed by atoms with Crippen LogP contribution in [-0.4, -0.2) is 62.4 Å². The molecule has 2 aromatic rings. The van der Waals surface area contributed by atoms with Gasteiger partial charge < -0.3 is 37.9 Å². The van der Waals surface area contributed by atoms with Crippen molar-refractivity contribution in [2.24, 2.45) is 0 Å². The molecular formula is C34H44O8. The Balaban J connectivity index is 1.18. The third kappa shape index (κ3) is 5.58. The summed E-state index contributed by atoms with van der Waals surface area (Å²) < 4.78 is 51.9. The molecule has 0 aromatic heterocycles. The summed E-state index contributed by atoms with van der Waals surface area (Å²) in [6.45, 7) is 0.871. The molecular weight excluding hydrogens is 536 g/mol. The summed E-state index contributed by atoms with van der Waals surface area (Å²) in [6.07, 6.45) is 8.40. The first-order valence-electron chi connectivity index (χ1n) is 15.8. The van der Waals surface area contributed by atoms with Gasteiger partial charge in [-0.05, 0) is 61.1 Å². The van der Waals surface area contributed by atoms with E-state index in [1.165, 1.54) is 12.8 Å². The Kier molecular flexibility index (Phi) is 8.20. The quantitative estimate of drug-likeness (QED) is 0.372. The predicted octanol–water partition coefficient (Wildman–Crippen LogP) is 6.08. The van der Waals surface area contributed by atoms with E-state index >= 15 is 0 Å². The van der Waals surface area contributed by atoms with Gasteiger partial charge in [-0.1, -0.05) is 37.1 Å². The molecule has 8 heteroatoms. The molecule has 2 heterocycles. The van der Waals surface area contributed by atoms with Crippen molar-refractivity contribution < 1.29 is 37.9 Å². The molecule has 2 spiro atoms. The van der Waals surface area contributed by atoms with Crippen molar-refractivity contribution >= 4 is 0 Å². The summed E-state index contributed by atoms with van der Waals surface area (Å²) in [5.74, 6) is 0.454. The van der Waals surface area contributed by atoms with Crippen molar-refractivity contribution in [1.29, 1.82) is 0 Å². The fourth-order valence-corrected chi connectivity index (χ4v) is 7.57. The van der Waals surface area contributed by atoms with Crippen LogP contribution in [0, 0.1) is 0 Å². The van der Waals surface area contributed by atoms with Crippen molar-refractivity contribution in [2.45, 2.75) is 126 Å². The van der Waals surface area contributed by atoms with Crippen molar-refractivity contribution in [3.05, 3.63) is 59.7 Å². The molecule has 5 fully saturated rings. The third-order valence-electron chi connectivity index (χ3n) is 9.78. The normalized spacial score (nSPS) is 32.9. The lowest BCUT2D eigenvalue weighted by molar-refractivity contribution is -0.229. The van der Waals surface area contributed by atoms with Gasteiger partial charge in [-0.2, -0.15) is 0 Å². The van der Waals surface area contributed by atoms with E-state index in [1.54, 1.807) is 14.2 Å². The number of methoxy groups -OCH3 is 2. The van der Waals surface area contributed by atoms with Crippen LogP contribution in [0.1, 0.15) is 75.3 Å². The molecule has 2 aromatic carbocycles. The van der Waals surface area contributed by atoms with E-state index in [9.17, 15) is 0 Å². The third-order valence-corrected chi connectivity index (χ3v) is 9.78. The van der Waals surface area contributed by atoms with E-state index in [1.807, 2.05) is 48.5 Å². The molecule has 5 aliphatic rings. The van der Waals surface area contributed by atoms with Gasteiger partial charge in [0.25, 0.3) is 0 Å². The highest BCUT2D eigenvalue weighted by molar-refractivity contribution is 5.27. The fraction of sp³-hybridized carbons (Fsp3) is 0.647. The zero-order valence-electron chi connectivity index (χ0n) is 24.8. The van der Waals surface area contributed by atoms with Crippen molar-refractivity contribution in [1.82, 2.24) is 0 Å². The monoisotopic (exact) mass is 580 g/mol. The van der Waals surface area contributed by atoms with Crippen molar-refractivity contribution in [2.75, 3.05) is 14.2 Å². The Morgan fingerprint density at radius 3 is 1.17 bits per heavy atom. The zero-order valence-corrected chi connectivity index (χ0v) is 24.8. The maximum Gasteiger partial charge on any atom is 0.169 e. The lowest BCUT2D eigenvalue weighted by Gasteiger charge is -2.42. The molecule has 3 saturated carbocycles. The molecule has 2 saturated heterocycles. The highest BCUT2D eigenvalue weighted by Gasteiger charge is 2.66. The predicted molar refractivity (Wildman–Crippen MR) is 154 cm³/mol. The average Bonchev–Trinajstić information content (AvgIpc) is 3.58. The first-order chi connectivity index (χ1) is 20.6. The fourth-order valence-electron chi connectivity index (χ4n) is 7.57. The molecule has 0 N–H and O–H groups in total. The van der Waals surface area contributed by atoms with E-state index in [4.69, 9.17) is 37.9 Å². The van der Waals surface area contributed by atoms with E-state index < -0.39 is 11.6 Å². The van der Waals surface area contributed by atoms with Crippen LogP contribution < -0.4 is 9.47 Å². The molecule has 0 amide bonds. The molecule has 3 aliphatic carbocycles. The largest absolute Gasteiger partial charge is 0.497 e. The van der Waals surface area contributed by atoms with E-state index in [0.29, 0.717) is 13.2 Å². The second-order valence-electron chi connectivity index (χ2n) is 12.5. The minimum atomic E-state index is -0.599. The maximum absolute atomic E-state index is 6.93. The standard InChI is InChI=1S/C34H44O8/c1-35-25-13-9-23(10-14-25)21-37-27-29-31(41-33(39-29)17-5-3-6-18-33)28(38-22-24-11-15-26(36-2)16-12-24)32-30(27)40-34(42-32)19-7-4-8-20-34/h9-16,27-32H,3-8,17-22H2,1-2H3/t27?,28?,29-,30-,31-,32-/m0/s1. The lowest BCUT2D eigenvalue weighted by Crippen LogP contribution is -2.62. The van der Waals surface area contributed by atoms with Gasteiger partial charge >= 0.3 is 0 Å². The Labute approximate surface area is 248 Å². The summed E-state index contributed by atoms with van der Waals surface area (Å²) >= 11 is 0. The number of fused-ring (bicyclic) bond motifs is 2. The van der Waals surface area contributed by atoms with Gasteiger partial charge in [0.05, 0.1) is 27.4 Å². The van der Waals surface area contributed by atoms with E-state index in [0.717, 1.165) is 74.0 Å². The van der Waals surface area contributed by atoms with E-state index in [-0.39, 0.29) is 36.6 Å². The van der Waals surface area contributed by atoms with Gasteiger partial charge in [0.2, 0.25) is 0 Å². The van der Waals surface area contributed by atoms with Crippen LogP contribution in [0.15, 0.2) is 48.5 Å². The second-order valence-corrected chi connectivity index (χ2v) is 12.5. The van der Waals surface area contributed by atoms with Crippen LogP contribution in [0.25, 0.3) is 0 Å². The average molecular weight is 581 g/mol. The van der Waals surface area contributed by atoms with Crippen molar-refractivity contribution in [3.8, 4) is 11.5 Å². The number of rotatable bonds is 8. The van der Waals surface area contributed by atoms with Gasteiger partial charge in [-0.25, -0.2) is 0 Å². The molecule has 8 nitrogen and oxygen atoms in total. The molecule has 2 aliphatic heterocycles. The highest BCUT2D eigenvalue weighted by atomic mass is 16.8. The Morgan fingerprint density at radius 2 is 0.857 bits per heavy atom. The molecule has 0 radical (unpaired) electrons.